The molecule has 6 nitrogen and oxygen atoms in total. The Balaban J connectivity index is 0.000000184. The van der Waals surface area contributed by atoms with Gasteiger partial charge in [0.2, 0.25) is 0 Å². The van der Waals surface area contributed by atoms with Crippen LogP contribution in [-0.4, -0.2) is 29.3 Å². The van der Waals surface area contributed by atoms with Gasteiger partial charge in [0.15, 0.2) is 0 Å². The Bertz CT molecular complexity index is 2020. The van der Waals surface area contributed by atoms with E-state index >= 15 is 0 Å². The third-order valence-electron chi connectivity index (χ3n) is 7.16. The van der Waals surface area contributed by atoms with Crippen molar-refractivity contribution in [2.75, 3.05) is 7.11 Å². The summed E-state index contributed by atoms with van der Waals surface area (Å²) in [4.78, 5) is 22.0. The summed E-state index contributed by atoms with van der Waals surface area (Å²) in [6.07, 6.45) is 0. The molecule has 0 radical (unpaired) electrons. The molecule has 2 N–H and O–H groups in total. The number of alkyl halides is 1. The van der Waals surface area contributed by atoms with E-state index in [1.807, 2.05) is 103 Å². The van der Waals surface area contributed by atoms with Crippen molar-refractivity contribution in [2.45, 2.75) is 11.9 Å². The smallest absolute Gasteiger partial charge is 0.337 e. The Morgan fingerprint density at radius 1 is 0.620 bits per heavy atom. The lowest BCUT2D eigenvalue weighted by Crippen LogP contribution is -2.00. The molecule has 0 aromatic heterocycles. The minimum atomic E-state index is -0.956. The number of ether oxygens (including phenoxy) is 2. The third-order valence-corrected chi connectivity index (χ3v) is 8.41. The topological polar surface area (TPSA) is 93.1 Å². The standard InChI is InChI=1S/C20H15ClO3.C12H9ClO.C9H9BrO2/c21-18-12-16(15-6-2-1-3-7-15)9-10-19(18)24-13-14-5-4-8-17(11-14)20(22)23;13-11-8-10(6-7-12(11)14)9-4-2-1-3-5-9;1-12-9(11)8-4-2-3-7(5-8)6-10/h1-12H,13H2,(H,22,23);1-8,14H;2-5H,6H2,1H3. The van der Waals surface area contributed by atoms with E-state index in [1.165, 1.54) is 7.11 Å². The Labute approximate surface area is 309 Å². The van der Waals surface area contributed by atoms with Crippen LogP contribution in [0.15, 0.2) is 146 Å². The van der Waals surface area contributed by atoms with Gasteiger partial charge in [0.25, 0.3) is 0 Å². The number of esters is 1. The van der Waals surface area contributed by atoms with E-state index in [2.05, 4.69) is 20.7 Å². The normalized spacial score (nSPS) is 10.1. The minimum Gasteiger partial charge on any atom is -0.506 e. The van der Waals surface area contributed by atoms with Gasteiger partial charge in [-0.15, -0.1) is 0 Å². The first-order valence-electron chi connectivity index (χ1n) is 15.3. The first-order valence-corrected chi connectivity index (χ1v) is 17.1. The van der Waals surface area contributed by atoms with Gasteiger partial charge < -0.3 is 19.7 Å². The molecule has 9 heteroatoms. The third kappa shape index (κ3) is 11.2. The van der Waals surface area contributed by atoms with Crippen LogP contribution in [-0.2, 0) is 16.7 Å². The van der Waals surface area contributed by atoms with Gasteiger partial charge in [0.05, 0.1) is 28.3 Å². The number of halogens is 3. The first-order chi connectivity index (χ1) is 24.2. The van der Waals surface area contributed by atoms with Crippen molar-refractivity contribution in [1.29, 1.82) is 0 Å². The molecule has 0 atom stereocenters. The van der Waals surface area contributed by atoms with Crippen molar-refractivity contribution >= 4 is 51.1 Å². The zero-order valence-electron chi connectivity index (χ0n) is 26.9. The molecule has 0 amide bonds. The van der Waals surface area contributed by atoms with Gasteiger partial charge in [-0.3, -0.25) is 0 Å². The summed E-state index contributed by atoms with van der Waals surface area (Å²) in [6.45, 7) is 0.255. The molecule has 0 aliphatic heterocycles. The number of benzene rings is 6. The number of rotatable bonds is 8. The van der Waals surface area contributed by atoms with Crippen molar-refractivity contribution < 1.29 is 29.3 Å². The molecule has 0 saturated heterocycles. The molecular weight excluding hydrogens is 739 g/mol. The average Bonchev–Trinajstić information content (AvgIpc) is 3.16. The van der Waals surface area contributed by atoms with Gasteiger partial charge in [-0.1, -0.05) is 136 Å². The Kier molecular flexibility index (Phi) is 14.5. The monoisotopic (exact) mass is 770 g/mol. The highest BCUT2D eigenvalue weighted by Crippen LogP contribution is 2.31. The highest BCUT2D eigenvalue weighted by molar-refractivity contribution is 9.08. The summed E-state index contributed by atoms with van der Waals surface area (Å²) >= 11 is 15.4. The maximum Gasteiger partial charge on any atom is 0.337 e. The Morgan fingerprint density at radius 2 is 1.16 bits per heavy atom. The van der Waals surface area contributed by atoms with Crippen LogP contribution in [0.3, 0.4) is 0 Å². The number of carbonyl (C=O) groups excluding carboxylic acids is 1. The highest BCUT2D eigenvalue weighted by Gasteiger charge is 2.08. The molecule has 0 heterocycles. The highest BCUT2D eigenvalue weighted by atomic mass is 79.9. The zero-order valence-corrected chi connectivity index (χ0v) is 30.0. The maximum absolute atomic E-state index is 11.0. The van der Waals surface area contributed by atoms with Gasteiger partial charge in [0, 0.05) is 5.33 Å². The van der Waals surface area contributed by atoms with Crippen LogP contribution in [0.25, 0.3) is 22.3 Å². The second kappa shape index (κ2) is 19.2. The molecule has 6 aromatic carbocycles. The second-order valence-corrected chi connectivity index (χ2v) is 12.0. The predicted octanol–water partition coefficient (Wildman–Crippen LogP) is 11.4. The molecule has 0 saturated carbocycles. The second-order valence-electron chi connectivity index (χ2n) is 10.7. The Hall–Kier alpha value is -5.08. The van der Waals surface area contributed by atoms with E-state index in [0.29, 0.717) is 21.4 Å². The number of methoxy groups -OCH3 is 1. The fraction of sp³-hybridized carbons (Fsp3) is 0.0732. The molecule has 6 aromatic rings. The van der Waals surface area contributed by atoms with E-state index in [1.54, 1.807) is 42.5 Å². The van der Waals surface area contributed by atoms with Gasteiger partial charge in [0.1, 0.15) is 18.1 Å². The van der Waals surface area contributed by atoms with Crippen molar-refractivity contribution in [3.05, 3.63) is 178 Å². The fourth-order valence-electron chi connectivity index (χ4n) is 4.60. The zero-order chi connectivity index (χ0) is 35.9. The van der Waals surface area contributed by atoms with Crippen LogP contribution in [0.1, 0.15) is 31.8 Å². The number of carboxylic acids is 1. The fourth-order valence-corrected chi connectivity index (χ4v) is 5.36. The molecular formula is C41H33BrCl2O6. The van der Waals surface area contributed by atoms with Crippen LogP contribution >= 0.6 is 39.1 Å². The van der Waals surface area contributed by atoms with E-state index in [0.717, 1.165) is 38.7 Å². The van der Waals surface area contributed by atoms with Crippen LogP contribution in [0.2, 0.25) is 10.0 Å². The first kappa shape index (κ1) is 37.7. The maximum atomic E-state index is 11.0. The quantitative estimate of drug-likeness (QED) is 0.118. The van der Waals surface area contributed by atoms with E-state index in [-0.39, 0.29) is 23.9 Å². The minimum absolute atomic E-state index is 0.117. The van der Waals surface area contributed by atoms with E-state index in [9.17, 15) is 14.7 Å². The van der Waals surface area contributed by atoms with Crippen LogP contribution in [0, 0.1) is 0 Å². The van der Waals surface area contributed by atoms with Crippen molar-refractivity contribution in [3.63, 3.8) is 0 Å². The van der Waals surface area contributed by atoms with Gasteiger partial charge in [-0.05, 0) is 81.9 Å². The molecule has 6 rings (SSSR count). The molecule has 0 bridgehead atoms. The number of carbonyl (C=O) groups is 2. The molecule has 254 valence electrons. The number of carboxylic acid groups (broad SMARTS) is 1. The number of phenols is 1. The molecule has 0 unspecified atom stereocenters. The van der Waals surface area contributed by atoms with E-state index < -0.39 is 5.97 Å². The van der Waals surface area contributed by atoms with Crippen molar-refractivity contribution in [1.82, 2.24) is 0 Å². The summed E-state index contributed by atoms with van der Waals surface area (Å²) in [5, 5.41) is 19.9. The van der Waals surface area contributed by atoms with Crippen LogP contribution in [0.5, 0.6) is 11.5 Å². The summed E-state index contributed by atoms with van der Waals surface area (Å²) in [5.41, 5.74) is 6.87. The molecule has 0 aliphatic rings. The molecule has 0 fully saturated rings. The van der Waals surface area contributed by atoms with Gasteiger partial charge in [-0.2, -0.15) is 0 Å². The number of phenolic OH excluding ortho intramolecular Hbond substituents is 1. The summed E-state index contributed by atoms with van der Waals surface area (Å²) in [6, 6.07) is 44.7. The lowest BCUT2D eigenvalue weighted by atomic mass is 10.1. The van der Waals surface area contributed by atoms with Crippen LogP contribution in [0.4, 0.5) is 0 Å². The van der Waals surface area contributed by atoms with Gasteiger partial charge in [-0.25, -0.2) is 9.59 Å². The van der Waals surface area contributed by atoms with Crippen molar-refractivity contribution in [2.24, 2.45) is 0 Å². The number of hydrogen-bond donors (Lipinski definition) is 2. The number of aromatic hydroxyl groups is 1. The molecule has 50 heavy (non-hydrogen) atoms. The van der Waals surface area contributed by atoms with Crippen LogP contribution < -0.4 is 4.74 Å². The molecule has 0 aliphatic carbocycles. The summed E-state index contributed by atoms with van der Waals surface area (Å²) in [7, 11) is 1.38. The van der Waals surface area contributed by atoms with E-state index in [4.69, 9.17) is 33.0 Å². The lowest BCUT2D eigenvalue weighted by molar-refractivity contribution is 0.0599. The largest absolute Gasteiger partial charge is 0.506 e. The Morgan fingerprint density at radius 3 is 1.70 bits per heavy atom. The summed E-state index contributed by atoms with van der Waals surface area (Å²) in [5.74, 6) is -0.566. The average molecular weight is 773 g/mol. The molecule has 0 spiro atoms. The SMILES string of the molecule is COC(=O)c1cccc(CBr)c1.O=C(O)c1cccc(COc2ccc(-c3ccccc3)cc2Cl)c1.Oc1ccc(-c2ccccc2)cc1Cl. The lowest BCUT2D eigenvalue weighted by Gasteiger charge is -2.10. The number of aromatic carboxylic acids is 1. The van der Waals surface area contributed by atoms with Crippen molar-refractivity contribution in [3.8, 4) is 33.8 Å². The predicted molar refractivity (Wildman–Crippen MR) is 204 cm³/mol. The summed E-state index contributed by atoms with van der Waals surface area (Å²) < 4.78 is 10.3. The number of hydrogen-bond acceptors (Lipinski definition) is 5. The van der Waals surface area contributed by atoms with Gasteiger partial charge >= 0.3 is 11.9 Å².